The van der Waals surface area contributed by atoms with Gasteiger partial charge in [-0.25, -0.2) is 0 Å². The van der Waals surface area contributed by atoms with Crippen LogP contribution in [0.2, 0.25) is 0 Å². The van der Waals surface area contributed by atoms with E-state index in [0.717, 1.165) is 12.8 Å². The second-order valence-electron chi connectivity index (χ2n) is 4.68. The Morgan fingerprint density at radius 3 is 2.65 bits per heavy atom. The highest BCUT2D eigenvalue weighted by Gasteiger charge is 2.32. The lowest BCUT2D eigenvalue weighted by molar-refractivity contribution is -0.137. The molecule has 0 heterocycles. The zero-order valence-corrected chi connectivity index (χ0v) is 9.95. The van der Waals surface area contributed by atoms with Crippen LogP contribution in [0.3, 0.4) is 0 Å². The Kier molecular flexibility index (Phi) is 3.41. The average Bonchev–Trinajstić information content (AvgIpc) is 2.79. The van der Waals surface area contributed by atoms with E-state index in [4.69, 9.17) is 4.74 Å². The third-order valence-electron chi connectivity index (χ3n) is 3.40. The van der Waals surface area contributed by atoms with Gasteiger partial charge in [-0.15, -0.1) is 0 Å². The van der Waals surface area contributed by atoms with Crippen LogP contribution in [-0.4, -0.2) is 17.5 Å². The predicted octanol–water partition coefficient (Wildman–Crippen LogP) is 1.93. The van der Waals surface area contributed by atoms with Crippen molar-refractivity contribution in [1.82, 2.24) is 0 Å². The van der Waals surface area contributed by atoms with Crippen LogP contribution < -0.4 is 0 Å². The van der Waals surface area contributed by atoms with Crippen LogP contribution >= 0.6 is 0 Å². The van der Waals surface area contributed by atoms with Crippen LogP contribution in [0.5, 0.6) is 0 Å². The van der Waals surface area contributed by atoms with E-state index in [1.165, 1.54) is 6.92 Å². The normalized spacial score (nSPS) is 24.6. The van der Waals surface area contributed by atoms with Gasteiger partial charge in [-0.1, -0.05) is 0 Å². The fourth-order valence-corrected chi connectivity index (χ4v) is 2.55. The van der Waals surface area contributed by atoms with Gasteiger partial charge in [-0.3, -0.25) is 14.4 Å². The molecule has 0 saturated heterocycles. The fraction of sp³-hybridized carbons (Fsp3) is 0.615. The van der Waals surface area contributed by atoms with Crippen LogP contribution in [0.1, 0.15) is 45.4 Å². The number of ketones is 2. The van der Waals surface area contributed by atoms with Crippen molar-refractivity contribution in [3.8, 4) is 0 Å². The van der Waals surface area contributed by atoms with Gasteiger partial charge in [0.25, 0.3) is 0 Å². The minimum atomic E-state index is -0.398. The Hall–Kier alpha value is -1.45. The SMILES string of the molecule is CC(=O)OC1=C(CC2CCCC2=O)C(=O)CC1. The molecule has 17 heavy (non-hydrogen) atoms. The molecule has 1 fully saturated rings. The summed E-state index contributed by atoms with van der Waals surface area (Å²) >= 11 is 0. The van der Waals surface area contributed by atoms with E-state index in [1.807, 2.05) is 0 Å². The van der Waals surface area contributed by atoms with E-state index in [0.29, 0.717) is 37.0 Å². The molecule has 0 aromatic carbocycles. The molecule has 4 nitrogen and oxygen atoms in total. The molecule has 2 aliphatic carbocycles. The van der Waals surface area contributed by atoms with Gasteiger partial charge in [-0.05, 0) is 19.3 Å². The lowest BCUT2D eigenvalue weighted by atomic mass is 9.96. The first kappa shape index (κ1) is 12.0. The van der Waals surface area contributed by atoms with Crippen LogP contribution in [0.15, 0.2) is 11.3 Å². The maximum absolute atomic E-state index is 11.7. The summed E-state index contributed by atoms with van der Waals surface area (Å²) in [6, 6.07) is 0. The van der Waals surface area contributed by atoms with Crippen molar-refractivity contribution in [2.24, 2.45) is 5.92 Å². The van der Waals surface area contributed by atoms with Crippen molar-refractivity contribution in [2.75, 3.05) is 0 Å². The van der Waals surface area contributed by atoms with Crippen LogP contribution in [0, 0.1) is 5.92 Å². The lowest BCUT2D eigenvalue weighted by Gasteiger charge is -2.10. The lowest BCUT2D eigenvalue weighted by Crippen LogP contribution is -2.11. The predicted molar refractivity (Wildman–Crippen MR) is 60.0 cm³/mol. The molecule has 0 aromatic heterocycles. The smallest absolute Gasteiger partial charge is 0.307 e. The van der Waals surface area contributed by atoms with Gasteiger partial charge in [0.15, 0.2) is 5.78 Å². The summed E-state index contributed by atoms with van der Waals surface area (Å²) in [6.07, 6.45) is 3.74. The number of carbonyl (C=O) groups excluding carboxylic acids is 3. The van der Waals surface area contributed by atoms with Gasteiger partial charge >= 0.3 is 5.97 Å². The van der Waals surface area contributed by atoms with E-state index in [-0.39, 0.29) is 17.5 Å². The number of hydrogen-bond acceptors (Lipinski definition) is 4. The highest BCUT2D eigenvalue weighted by Crippen LogP contribution is 2.33. The molecule has 0 aliphatic heterocycles. The molecule has 92 valence electrons. The molecule has 0 aromatic rings. The number of rotatable bonds is 3. The molecule has 1 atom stereocenters. The van der Waals surface area contributed by atoms with E-state index in [1.54, 1.807) is 0 Å². The zero-order chi connectivity index (χ0) is 12.4. The minimum absolute atomic E-state index is 0.0287. The Labute approximate surface area is 100 Å². The Balaban J connectivity index is 2.12. The third kappa shape index (κ3) is 2.62. The van der Waals surface area contributed by atoms with Gasteiger partial charge < -0.3 is 4.74 Å². The molecule has 0 spiro atoms. The fourth-order valence-electron chi connectivity index (χ4n) is 2.55. The first-order valence-corrected chi connectivity index (χ1v) is 6.04. The Bertz CT molecular complexity index is 406. The van der Waals surface area contributed by atoms with Crippen molar-refractivity contribution in [1.29, 1.82) is 0 Å². The largest absolute Gasteiger partial charge is 0.431 e. The monoisotopic (exact) mass is 236 g/mol. The first-order chi connectivity index (χ1) is 8.08. The molecule has 0 bridgehead atoms. The maximum atomic E-state index is 11.7. The summed E-state index contributed by atoms with van der Waals surface area (Å²) < 4.78 is 5.05. The molecule has 0 N–H and O–H groups in total. The number of Topliss-reactive ketones (excluding diaryl/α,β-unsaturated/α-hetero) is 2. The Morgan fingerprint density at radius 1 is 1.29 bits per heavy atom. The molecule has 0 amide bonds. The van der Waals surface area contributed by atoms with Crippen molar-refractivity contribution >= 4 is 17.5 Å². The second kappa shape index (κ2) is 4.82. The van der Waals surface area contributed by atoms with Crippen molar-refractivity contribution in [3.05, 3.63) is 11.3 Å². The standard InChI is InChI=1S/C13H16O4/c1-8(14)17-13-6-5-12(16)10(13)7-9-3-2-4-11(9)15/h9H,2-7H2,1H3. The van der Waals surface area contributed by atoms with Crippen molar-refractivity contribution in [2.45, 2.75) is 45.4 Å². The van der Waals surface area contributed by atoms with E-state index >= 15 is 0 Å². The quantitative estimate of drug-likeness (QED) is 0.702. The molecule has 1 unspecified atom stereocenters. The van der Waals surface area contributed by atoms with Gasteiger partial charge in [-0.2, -0.15) is 0 Å². The highest BCUT2D eigenvalue weighted by molar-refractivity contribution is 5.99. The maximum Gasteiger partial charge on any atom is 0.307 e. The summed E-state index contributed by atoms with van der Waals surface area (Å²) in [4.78, 5) is 34.2. The molecule has 1 saturated carbocycles. The number of ether oxygens (including phenoxy) is 1. The van der Waals surface area contributed by atoms with Gasteiger partial charge in [0, 0.05) is 37.7 Å². The van der Waals surface area contributed by atoms with Crippen molar-refractivity contribution in [3.63, 3.8) is 0 Å². The molecule has 0 radical (unpaired) electrons. The van der Waals surface area contributed by atoms with E-state index < -0.39 is 5.97 Å². The second-order valence-corrected chi connectivity index (χ2v) is 4.68. The summed E-state index contributed by atoms with van der Waals surface area (Å²) in [7, 11) is 0. The number of esters is 1. The highest BCUT2D eigenvalue weighted by atomic mass is 16.5. The van der Waals surface area contributed by atoms with Crippen LogP contribution in [0.25, 0.3) is 0 Å². The van der Waals surface area contributed by atoms with Gasteiger partial charge in [0.2, 0.25) is 0 Å². The summed E-state index contributed by atoms with van der Waals surface area (Å²) in [5.41, 5.74) is 0.570. The summed E-state index contributed by atoms with van der Waals surface area (Å²) in [6.45, 7) is 1.33. The summed E-state index contributed by atoms with van der Waals surface area (Å²) in [5.74, 6) is 0.310. The molecular formula is C13H16O4. The van der Waals surface area contributed by atoms with E-state index in [2.05, 4.69) is 0 Å². The number of allylic oxidation sites excluding steroid dienone is 2. The van der Waals surface area contributed by atoms with Crippen molar-refractivity contribution < 1.29 is 19.1 Å². The average molecular weight is 236 g/mol. The van der Waals surface area contributed by atoms with Gasteiger partial charge in [0.1, 0.15) is 11.5 Å². The zero-order valence-electron chi connectivity index (χ0n) is 9.95. The minimum Gasteiger partial charge on any atom is -0.431 e. The van der Waals surface area contributed by atoms with Crippen LogP contribution in [-0.2, 0) is 19.1 Å². The van der Waals surface area contributed by atoms with Gasteiger partial charge in [0.05, 0.1) is 0 Å². The van der Waals surface area contributed by atoms with Crippen LogP contribution in [0.4, 0.5) is 0 Å². The number of hydrogen-bond donors (Lipinski definition) is 0. The number of carbonyl (C=O) groups is 3. The topological polar surface area (TPSA) is 60.4 Å². The summed E-state index contributed by atoms with van der Waals surface area (Å²) in [5, 5.41) is 0. The molecule has 2 rings (SSSR count). The molecular weight excluding hydrogens is 220 g/mol. The molecule has 4 heteroatoms. The van der Waals surface area contributed by atoms with E-state index in [9.17, 15) is 14.4 Å². The third-order valence-corrected chi connectivity index (χ3v) is 3.40. The first-order valence-electron chi connectivity index (χ1n) is 6.04. The molecule has 2 aliphatic rings. The Morgan fingerprint density at radius 2 is 2.06 bits per heavy atom.